The highest BCUT2D eigenvalue weighted by Gasteiger charge is 2.24. The molecule has 0 aliphatic heterocycles. The number of benzene rings is 3. The van der Waals surface area contributed by atoms with Crippen LogP contribution in [-0.2, 0) is 20.0 Å². The summed E-state index contributed by atoms with van der Waals surface area (Å²) in [6.07, 6.45) is 0. The highest BCUT2D eigenvalue weighted by Crippen LogP contribution is 2.36. The largest absolute Gasteiger partial charge is 0.505 e. The van der Waals surface area contributed by atoms with E-state index in [0.717, 1.165) is 12.1 Å². The number of furan rings is 1. The van der Waals surface area contributed by atoms with E-state index in [1.54, 1.807) is 24.3 Å². The highest BCUT2D eigenvalue weighted by molar-refractivity contribution is 7.93. The quantitative estimate of drug-likeness (QED) is 0.284. The molecular formula is C20H13Cl3N2O6S2. The minimum absolute atomic E-state index is 0.126. The van der Waals surface area contributed by atoms with E-state index < -0.39 is 25.8 Å². The van der Waals surface area contributed by atoms with E-state index in [9.17, 15) is 21.9 Å². The summed E-state index contributed by atoms with van der Waals surface area (Å²) in [7, 11) is -8.52. The molecular weight excluding hydrogens is 535 g/mol. The summed E-state index contributed by atoms with van der Waals surface area (Å²) in [6.45, 7) is 0. The molecule has 0 spiro atoms. The Labute approximate surface area is 203 Å². The number of hydrogen-bond acceptors (Lipinski definition) is 6. The molecule has 0 aliphatic carbocycles. The van der Waals surface area contributed by atoms with Crippen molar-refractivity contribution >= 4 is 77.2 Å². The fourth-order valence-electron chi connectivity index (χ4n) is 2.88. The van der Waals surface area contributed by atoms with E-state index in [-0.39, 0.29) is 36.4 Å². The van der Waals surface area contributed by atoms with Gasteiger partial charge in [0.25, 0.3) is 20.0 Å². The van der Waals surface area contributed by atoms with Crippen LogP contribution in [0.5, 0.6) is 5.75 Å². The molecule has 1 heterocycles. The topological polar surface area (TPSA) is 126 Å². The summed E-state index contributed by atoms with van der Waals surface area (Å²) in [5, 5.41) is 9.48. The number of anilines is 2. The van der Waals surface area contributed by atoms with Crippen molar-refractivity contribution in [3.63, 3.8) is 0 Å². The van der Waals surface area contributed by atoms with E-state index >= 15 is 0 Å². The van der Waals surface area contributed by atoms with Crippen LogP contribution in [0.25, 0.3) is 11.0 Å². The number of phenolic OH excluding ortho intramolecular Hbond substituents is 1. The maximum Gasteiger partial charge on any atom is 0.295 e. The molecule has 0 bridgehead atoms. The van der Waals surface area contributed by atoms with Crippen LogP contribution in [0.1, 0.15) is 0 Å². The Hall–Kier alpha value is -2.63. The van der Waals surface area contributed by atoms with Gasteiger partial charge in [-0.15, -0.1) is 0 Å². The minimum atomic E-state index is -4.28. The van der Waals surface area contributed by atoms with Crippen molar-refractivity contribution in [2.75, 3.05) is 9.44 Å². The normalized spacial score (nSPS) is 12.1. The zero-order valence-corrected chi connectivity index (χ0v) is 20.1. The van der Waals surface area contributed by atoms with Crippen LogP contribution in [0, 0.1) is 0 Å². The Balaban J connectivity index is 1.71. The second-order valence-electron chi connectivity index (χ2n) is 6.74. The smallest absolute Gasteiger partial charge is 0.295 e. The molecule has 0 atom stereocenters. The predicted octanol–water partition coefficient (Wildman–Crippen LogP) is 5.70. The van der Waals surface area contributed by atoms with Crippen molar-refractivity contribution in [1.29, 1.82) is 0 Å². The van der Waals surface area contributed by atoms with Gasteiger partial charge < -0.3 is 9.52 Å². The van der Waals surface area contributed by atoms with E-state index in [0.29, 0.717) is 11.0 Å². The molecule has 0 amide bonds. The molecule has 8 nitrogen and oxygen atoms in total. The predicted molar refractivity (Wildman–Crippen MR) is 127 cm³/mol. The Kier molecular flexibility index (Phi) is 6.14. The number of phenols is 1. The second kappa shape index (κ2) is 8.62. The van der Waals surface area contributed by atoms with Crippen LogP contribution in [0.3, 0.4) is 0 Å². The number of rotatable bonds is 6. The molecule has 0 unspecified atom stereocenters. The van der Waals surface area contributed by atoms with Gasteiger partial charge in [-0.3, -0.25) is 9.44 Å². The van der Waals surface area contributed by atoms with Crippen molar-refractivity contribution in [1.82, 2.24) is 0 Å². The lowest BCUT2D eigenvalue weighted by Crippen LogP contribution is -2.17. The van der Waals surface area contributed by atoms with Gasteiger partial charge in [-0.2, -0.15) is 8.42 Å². The molecule has 172 valence electrons. The van der Waals surface area contributed by atoms with Gasteiger partial charge in [0, 0.05) is 16.5 Å². The molecule has 33 heavy (non-hydrogen) atoms. The summed E-state index contributed by atoms with van der Waals surface area (Å²) in [4.78, 5) is -0.351. The Morgan fingerprint density at radius 3 is 2.06 bits per heavy atom. The molecule has 3 N–H and O–H groups in total. The Morgan fingerprint density at radius 1 is 0.758 bits per heavy atom. The van der Waals surface area contributed by atoms with Crippen LogP contribution >= 0.6 is 34.8 Å². The highest BCUT2D eigenvalue weighted by atomic mass is 35.5. The zero-order chi connectivity index (χ0) is 24.0. The molecule has 0 saturated carbocycles. The molecule has 13 heteroatoms. The number of aromatic hydroxyl groups is 1. The lowest BCUT2D eigenvalue weighted by Gasteiger charge is -2.15. The van der Waals surface area contributed by atoms with E-state index in [4.69, 9.17) is 39.2 Å². The van der Waals surface area contributed by atoms with Gasteiger partial charge >= 0.3 is 0 Å². The summed E-state index contributed by atoms with van der Waals surface area (Å²) in [5.74, 6) is -0.469. The number of sulfonamides is 2. The van der Waals surface area contributed by atoms with Gasteiger partial charge in [0.05, 0.1) is 26.3 Å². The number of halogens is 3. The van der Waals surface area contributed by atoms with Gasteiger partial charge in [-0.05, 0) is 36.4 Å². The van der Waals surface area contributed by atoms with E-state index in [2.05, 4.69) is 9.44 Å². The fourth-order valence-corrected chi connectivity index (χ4v) is 5.84. The third-order valence-corrected chi connectivity index (χ3v) is 7.81. The van der Waals surface area contributed by atoms with Gasteiger partial charge in [0.15, 0.2) is 5.75 Å². The number of fused-ring (bicyclic) bond motifs is 1. The first-order chi connectivity index (χ1) is 15.5. The first kappa shape index (κ1) is 23.5. The average molecular weight is 548 g/mol. The summed E-state index contributed by atoms with van der Waals surface area (Å²) in [5.41, 5.74) is 0.0906. The SMILES string of the molecule is O=S(=O)(Nc1ccc(Cl)cc1NS(=O)(=O)c1cc2ccccc2o1)c1cc(Cl)c(O)c(Cl)c1. The number of nitrogens with one attached hydrogen (secondary N) is 2. The Morgan fingerprint density at radius 2 is 1.39 bits per heavy atom. The summed E-state index contributed by atoms with van der Waals surface area (Å²) in [6, 6.07) is 13.9. The van der Waals surface area contributed by atoms with Crippen molar-refractivity contribution < 1.29 is 26.4 Å². The average Bonchev–Trinajstić information content (AvgIpc) is 3.19. The monoisotopic (exact) mass is 546 g/mol. The van der Waals surface area contributed by atoms with Gasteiger partial charge in [-0.25, -0.2) is 8.42 Å². The van der Waals surface area contributed by atoms with Crippen LogP contribution < -0.4 is 9.44 Å². The standard InChI is InChI=1S/C20H13Cl3N2O6S2/c21-12-5-6-16(24-32(27,28)13-9-14(22)20(26)15(23)10-13)17(8-12)25-33(29,30)19-7-11-3-1-2-4-18(11)31-19/h1-10,24-26H. The molecule has 4 aromatic rings. The maximum absolute atomic E-state index is 12.9. The third kappa shape index (κ3) is 4.85. The molecule has 0 radical (unpaired) electrons. The van der Waals surface area contributed by atoms with E-state index in [1.165, 1.54) is 24.3 Å². The van der Waals surface area contributed by atoms with Crippen LogP contribution in [0.4, 0.5) is 11.4 Å². The molecule has 1 aromatic heterocycles. The third-order valence-electron chi connectivity index (χ3n) is 4.44. The first-order valence-electron chi connectivity index (χ1n) is 8.98. The molecule has 0 saturated heterocycles. The van der Waals surface area contributed by atoms with Crippen LogP contribution in [0.15, 0.2) is 75.1 Å². The molecule has 3 aromatic carbocycles. The molecule has 0 fully saturated rings. The summed E-state index contributed by atoms with van der Waals surface area (Å²) >= 11 is 17.6. The maximum atomic E-state index is 12.9. The number of hydrogen-bond donors (Lipinski definition) is 3. The van der Waals surface area contributed by atoms with Gasteiger partial charge in [-0.1, -0.05) is 53.0 Å². The fraction of sp³-hybridized carbons (Fsp3) is 0. The zero-order valence-electron chi connectivity index (χ0n) is 16.2. The molecule has 4 rings (SSSR count). The van der Waals surface area contributed by atoms with E-state index in [1.807, 2.05) is 0 Å². The summed E-state index contributed by atoms with van der Waals surface area (Å²) < 4.78 is 61.5. The second-order valence-corrected chi connectivity index (χ2v) is 11.3. The van der Waals surface area contributed by atoms with Crippen molar-refractivity contribution in [2.45, 2.75) is 9.99 Å². The first-order valence-corrected chi connectivity index (χ1v) is 13.1. The van der Waals surface area contributed by atoms with Gasteiger partial charge in [0.2, 0.25) is 5.09 Å². The van der Waals surface area contributed by atoms with Crippen LogP contribution in [0.2, 0.25) is 15.1 Å². The lowest BCUT2D eigenvalue weighted by atomic mass is 10.3. The minimum Gasteiger partial charge on any atom is -0.505 e. The van der Waals surface area contributed by atoms with Crippen LogP contribution in [-0.4, -0.2) is 21.9 Å². The van der Waals surface area contributed by atoms with Crippen molar-refractivity contribution in [3.8, 4) is 5.75 Å². The van der Waals surface area contributed by atoms with Gasteiger partial charge in [0.1, 0.15) is 5.58 Å². The number of para-hydroxylation sites is 1. The van der Waals surface area contributed by atoms with Crippen molar-refractivity contribution in [2.24, 2.45) is 0 Å². The lowest BCUT2D eigenvalue weighted by molar-refractivity contribution is 0.475. The van der Waals surface area contributed by atoms with Crippen molar-refractivity contribution in [3.05, 3.63) is 75.7 Å². The molecule has 0 aliphatic rings. The Bertz CT molecular complexity index is 1550.